The van der Waals surface area contributed by atoms with Crippen LogP contribution in [0.3, 0.4) is 0 Å². The number of benzene rings is 3. The van der Waals surface area contributed by atoms with Crippen molar-refractivity contribution in [3.8, 4) is 28.7 Å². The molecule has 0 spiro atoms. The molecule has 1 aliphatic heterocycles. The van der Waals surface area contributed by atoms with Crippen molar-refractivity contribution in [2.24, 2.45) is 0 Å². The van der Waals surface area contributed by atoms with Gasteiger partial charge >= 0.3 is 5.69 Å². The minimum Gasteiger partial charge on any atom is -0.493 e. The molecular formula is C20H15N2O6+. The highest BCUT2D eigenvalue weighted by Gasteiger charge is 2.30. The Morgan fingerprint density at radius 1 is 0.964 bits per heavy atom. The summed E-state index contributed by atoms with van der Waals surface area (Å²) in [6, 6.07) is 16.2. The predicted molar refractivity (Wildman–Crippen MR) is 99.1 cm³/mol. The fourth-order valence-corrected chi connectivity index (χ4v) is 2.86. The lowest BCUT2D eigenvalue weighted by molar-refractivity contribution is -0.729. The highest BCUT2D eigenvalue weighted by molar-refractivity contribution is 6.10. The lowest BCUT2D eigenvalue weighted by Gasteiger charge is -2.13. The zero-order valence-corrected chi connectivity index (χ0v) is 14.7. The van der Waals surface area contributed by atoms with Gasteiger partial charge in [0.15, 0.2) is 28.7 Å². The van der Waals surface area contributed by atoms with Crippen LogP contribution in [0.1, 0.15) is 10.4 Å². The largest absolute Gasteiger partial charge is 0.493 e. The summed E-state index contributed by atoms with van der Waals surface area (Å²) in [5.74, 6) is 0.770. The van der Waals surface area contributed by atoms with Crippen LogP contribution in [0.5, 0.6) is 28.7 Å². The number of nitrogens with one attached hydrogen (secondary N) is 1. The Kier molecular flexibility index (Phi) is 4.29. The fourth-order valence-electron chi connectivity index (χ4n) is 2.86. The molecule has 3 aromatic carbocycles. The van der Waals surface area contributed by atoms with Crippen LogP contribution in [-0.4, -0.2) is 23.1 Å². The smallest absolute Gasteiger partial charge is 0.324 e. The lowest BCUT2D eigenvalue weighted by atomic mass is 10.1. The molecule has 3 aromatic rings. The van der Waals surface area contributed by atoms with Crippen molar-refractivity contribution < 1.29 is 29.1 Å². The Morgan fingerprint density at radius 2 is 1.68 bits per heavy atom. The minimum absolute atomic E-state index is 0.0252. The van der Waals surface area contributed by atoms with Crippen LogP contribution in [-0.2, 0) is 0 Å². The Labute approximate surface area is 159 Å². The third-order valence-corrected chi connectivity index (χ3v) is 4.14. The van der Waals surface area contributed by atoms with E-state index in [9.17, 15) is 14.9 Å². The van der Waals surface area contributed by atoms with Gasteiger partial charge in [-0.2, -0.15) is 0 Å². The topological polar surface area (TPSA) is 97.1 Å². The average molecular weight is 379 g/mol. The van der Waals surface area contributed by atoms with Gasteiger partial charge in [-0.15, -0.1) is 0 Å². The van der Waals surface area contributed by atoms with E-state index < -0.39 is 5.91 Å². The maximum absolute atomic E-state index is 12.9. The number of carbonyl (C=O) groups excluding carboxylic acids is 1. The summed E-state index contributed by atoms with van der Waals surface area (Å²) in [7, 11) is 1.48. The number of amides is 1. The summed E-state index contributed by atoms with van der Waals surface area (Å²) >= 11 is 0. The number of hydrogen-bond acceptors (Lipinski definition) is 5. The lowest BCUT2D eigenvalue weighted by Crippen LogP contribution is -2.12. The van der Waals surface area contributed by atoms with Gasteiger partial charge in [0.25, 0.3) is 10.8 Å². The van der Waals surface area contributed by atoms with Crippen molar-refractivity contribution in [3.63, 3.8) is 0 Å². The van der Waals surface area contributed by atoms with E-state index in [1.54, 1.807) is 48.5 Å². The van der Waals surface area contributed by atoms with E-state index in [1.807, 2.05) is 0 Å². The van der Waals surface area contributed by atoms with Gasteiger partial charge in [0.2, 0.25) is 0 Å². The van der Waals surface area contributed by atoms with Gasteiger partial charge in [0.05, 0.1) is 29.8 Å². The van der Waals surface area contributed by atoms with Gasteiger partial charge in [-0.25, -0.2) is 5.21 Å². The van der Waals surface area contributed by atoms with E-state index in [4.69, 9.17) is 14.2 Å². The SMILES string of the molecule is COc1ccccc1Oc1cc([N+](=O)O)cc2c1C(=O)Nc1ccccc1O2. The average Bonchev–Trinajstić information content (AvgIpc) is 2.83. The number of para-hydroxylation sites is 4. The molecule has 0 saturated heterocycles. The zero-order chi connectivity index (χ0) is 19.7. The molecule has 0 saturated carbocycles. The first-order chi connectivity index (χ1) is 13.6. The number of hydrogen-bond donors (Lipinski definition) is 2. The van der Waals surface area contributed by atoms with Gasteiger partial charge in [0.1, 0.15) is 5.56 Å². The first-order valence-electron chi connectivity index (χ1n) is 8.30. The summed E-state index contributed by atoms with van der Waals surface area (Å²) < 4.78 is 17.0. The number of rotatable bonds is 4. The first-order valence-corrected chi connectivity index (χ1v) is 8.30. The highest BCUT2D eigenvalue weighted by Crippen LogP contribution is 2.43. The van der Waals surface area contributed by atoms with Gasteiger partial charge < -0.3 is 19.5 Å². The number of methoxy groups -OCH3 is 1. The molecule has 0 bridgehead atoms. The second-order valence-electron chi connectivity index (χ2n) is 5.90. The number of anilines is 1. The number of carbonyl (C=O) groups is 1. The third-order valence-electron chi connectivity index (χ3n) is 4.14. The number of ether oxygens (including phenoxy) is 3. The zero-order valence-electron chi connectivity index (χ0n) is 14.7. The highest BCUT2D eigenvalue weighted by atomic mass is 16.6. The summed E-state index contributed by atoms with van der Waals surface area (Å²) in [4.78, 5) is 24.0. The van der Waals surface area contributed by atoms with Gasteiger partial charge in [-0.1, -0.05) is 24.3 Å². The Bertz CT molecular complexity index is 1100. The van der Waals surface area contributed by atoms with Crippen molar-refractivity contribution >= 4 is 17.3 Å². The van der Waals surface area contributed by atoms with Crippen molar-refractivity contribution in [2.75, 3.05) is 12.4 Å². The maximum atomic E-state index is 12.9. The van der Waals surface area contributed by atoms with Gasteiger partial charge in [-0.05, 0) is 24.3 Å². The normalized spacial score (nSPS) is 12.0. The second-order valence-corrected chi connectivity index (χ2v) is 5.90. The van der Waals surface area contributed by atoms with E-state index >= 15 is 0 Å². The Morgan fingerprint density at radius 3 is 2.43 bits per heavy atom. The van der Waals surface area contributed by atoms with Crippen LogP contribution in [0.25, 0.3) is 0 Å². The molecule has 0 radical (unpaired) electrons. The molecule has 0 aromatic heterocycles. The summed E-state index contributed by atoms with van der Waals surface area (Å²) in [6.45, 7) is 0. The second kappa shape index (κ2) is 6.92. The standard InChI is InChI=1S/C20H14N2O6/c1-26-15-8-4-5-9-16(15)28-18-11-12(22(24)25)10-17-19(18)20(23)21-13-6-2-3-7-14(13)27-17/h2-11H,1H3,(H-,21,23,24,25)/p+1. The van der Waals surface area contributed by atoms with Crippen LogP contribution >= 0.6 is 0 Å². The molecule has 0 aliphatic carbocycles. The number of nitrogens with zero attached hydrogens (tertiary/aromatic N) is 1. The molecule has 2 N–H and O–H groups in total. The number of fused-ring (bicyclic) bond motifs is 2. The molecule has 0 unspecified atom stereocenters. The molecule has 1 amide bonds. The van der Waals surface area contributed by atoms with E-state index in [2.05, 4.69) is 5.32 Å². The van der Waals surface area contributed by atoms with Crippen molar-refractivity contribution in [3.05, 3.63) is 71.1 Å². The summed E-state index contributed by atoms with van der Waals surface area (Å²) in [5.41, 5.74) is 0.389. The Hall–Kier alpha value is -4.07. The van der Waals surface area contributed by atoms with Crippen LogP contribution in [0.15, 0.2) is 60.7 Å². The first kappa shape index (κ1) is 17.3. The molecule has 0 atom stereocenters. The van der Waals surface area contributed by atoms with Crippen molar-refractivity contribution in [2.45, 2.75) is 0 Å². The molecule has 1 aliphatic rings. The van der Waals surface area contributed by atoms with Crippen LogP contribution < -0.4 is 19.5 Å². The van der Waals surface area contributed by atoms with E-state index in [-0.39, 0.29) is 27.7 Å². The monoisotopic (exact) mass is 379 g/mol. The molecule has 0 fully saturated rings. The van der Waals surface area contributed by atoms with E-state index in [1.165, 1.54) is 19.2 Å². The van der Waals surface area contributed by atoms with Gasteiger partial charge in [0, 0.05) is 0 Å². The molecule has 140 valence electrons. The quantitative estimate of drug-likeness (QED) is 0.641. The van der Waals surface area contributed by atoms with Crippen LogP contribution in [0.2, 0.25) is 0 Å². The van der Waals surface area contributed by atoms with Gasteiger partial charge in [-0.3, -0.25) is 4.79 Å². The molecule has 4 rings (SSSR count). The third kappa shape index (κ3) is 3.07. The molecule has 28 heavy (non-hydrogen) atoms. The molecule has 1 heterocycles. The van der Waals surface area contributed by atoms with Crippen LogP contribution in [0.4, 0.5) is 11.4 Å². The predicted octanol–water partition coefficient (Wildman–Crippen LogP) is 4.65. The summed E-state index contributed by atoms with van der Waals surface area (Å²) in [5, 5.41) is 12.1. The van der Waals surface area contributed by atoms with Crippen molar-refractivity contribution in [1.82, 2.24) is 0 Å². The molecule has 8 heteroatoms. The fraction of sp³-hybridized carbons (Fsp3) is 0.0500. The molecule has 8 nitrogen and oxygen atoms in total. The molecular weight excluding hydrogens is 364 g/mol. The maximum Gasteiger partial charge on any atom is 0.324 e. The van der Waals surface area contributed by atoms with E-state index in [0.29, 0.717) is 22.9 Å². The van der Waals surface area contributed by atoms with Crippen LogP contribution in [0, 0.1) is 4.91 Å². The minimum atomic E-state index is -0.480. The summed E-state index contributed by atoms with van der Waals surface area (Å²) in [6.07, 6.45) is 0. The van der Waals surface area contributed by atoms with E-state index in [0.717, 1.165) is 0 Å². The Balaban J connectivity index is 1.88. The van der Waals surface area contributed by atoms with Crippen molar-refractivity contribution in [1.29, 1.82) is 0 Å².